The molecule has 1 aliphatic rings. The fourth-order valence-corrected chi connectivity index (χ4v) is 2.45. The van der Waals surface area contributed by atoms with Crippen LogP contribution in [0, 0.1) is 11.6 Å². The molecule has 0 saturated carbocycles. The van der Waals surface area contributed by atoms with Crippen LogP contribution in [0.4, 0.5) is 18.0 Å². The molecule has 0 radical (unpaired) electrons. The topological polar surface area (TPSA) is 64.7 Å². The Balaban J connectivity index is 2.50. The van der Waals surface area contributed by atoms with Crippen molar-refractivity contribution in [2.75, 3.05) is 6.67 Å². The maximum absolute atomic E-state index is 13.8. The first-order valence-electron chi connectivity index (χ1n) is 5.40. The molecule has 0 bridgehead atoms. The number of nitrogens with two attached hydrogens (primary N) is 1. The molecule has 20 heavy (non-hydrogen) atoms. The van der Waals surface area contributed by atoms with Crippen LogP contribution in [0.5, 0.6) is 0 Å². The highest BCUT2D eigenvalue weighted by molar-refractivity contribution is 8.16. The van der Waals surface area contributed by atoms with Crippen molar-refractivity contribution in [3.8, 4) is 0 Å². The molecule has 1 aliphatic heterocycles. The molecule has 8 heteroatoms. The summed E-state index contributed by atoms with van der Waals surface area (Å²) in [5.41, 5.74) is 2.77. The Labute approximate surface area is 116 Å². The molecule has 2 N–H and O–H groups in total. The molecule has 2 rings (SSSR count). The number of carbonyl (C=O) groups is 1. The Hall–Kier alpha value is -1.96. The predicted molar refractivity (Wildman–Crippen MR) is 68.8 cm³/mol. The number of rotatable bonds is 2. The number of alkyl halides is 1. The lowest BCUT2D eigenvalue weighted by atomic mass is 9.91. The summed E-state index contributed by atoms with van der Waals surface area (Å²) in [5.74, 6) is -2.32. The van der Waals surface area contributed by atoms with Gasteiger partial charge in [-0.15, -0.1) is 0 Å². The molecule has 4 nitrogen and oxygen atoms in total. The molecule has 0 aromatic heterocycles. The molecule has 1 aromatic rings. The Morgan fingerprint density at radius 3 is 2.85 bits per heavy atom. The number of ether oxygens (including phenoxy) is 1. The second-order valence-corrected chi connectivity index (χ2v) is 4.74. The largest absolute Gasteiger partial charge is 0.411 e. The van der Waals surface area contributed by atoms with Crippen LogP contribution in [0.25, 0.3) is 0 Å². The normalized spacial score (nSPS) is 21.4. The van der Waals surface area contributed by atoms with Crippen molar-refractivity contribution in [1.29, 1.82) is 0 Å². The zero-order valence-electron chi connectivity index (χ0n) is 9.98. The lowest BCUT2D eigenvalue weighted by Crippen LogP contribution is -2.30. The minimum Gasteiger partial charge on any atom is -0.385 e. The first-order valence-corrected chi connectivity index (χ1v) is 6.28. The van der Waals surface area contributed by atoms with Crippen molar-refractivity contribution in [2.45, 2.75) is 5.54 Å². The average Bonchev–Trinajstić information content (AvgIpc) is 2.41. The van der Waals surface area contributed by atoms with E-state index in [1.165, 1.54) is 23.6 Å². The highest BCUT2D eigenvalue weighted by atomic mass is 32.2. The number of nitrogens with zero attached hydrogens (tertiary/aromatic N) is 1. The number of thioether (sulfide) groups is 1. The van der Waals surface area contributed by atoms with Crippen molar-refractivity contribution in [2.24, 2.45) is 10.7 Å². The zero-order valence-corrected chi connectivity index (χ0v) is 10.8. The van der Waals surface area contributed by atoms with Crippen LogP contribution < -0.4 is 5.73 Å². The maximum Gasteiger partial charge on any atom is 0.411 e. The minimum atomic E-state index is -1.78. The van der Waals surface area contributed by atoms with Gasteiger partial charge in [-0.05, 0) is 29.3 Å². The lowest BCUT2D eigenvalue weighted by Gasteiger charge is -2.27. The van der Waals surface area contributed by atoms with E-state index in [1.807, 2.05) is 0 Å². The van der Waals surface area contributed by atoms with Gasteiger partial charge in [0, 0.05) is 5.56 Å². The van der Waals surface area contributed by atoms with Gasteiger partial charge < -0.3 is 10.5 Å². The predicted octanol–water partition coefficient (Wildman–Crippen LogP) is 2.84. The number of amides is 1. The van der Waals surface area contributed by atoms with E-state index in [9.17, 15) is 18.0 Å². The van der Waals surface area contributed by atoms with Crippen LogP contribution in [0.3, 0.4) is 0 Å². The molecular formula is C12H9F3N2O2S. The van der Waals surface area contributed by atoms with Crippen LogP contribution in [-0.4, -0.2) is 18.0 Å². The van der Waals surface area contributed by atoms with E-state index in [-0.39, 0.29) is 10.8 Å². The lowest BCUT2D eigenvalue weighted by molar-refractivity contribution is 0.208. The van der Waals surface area contributed by atoms with Gasteiger partial charge >= 0.3 is 6.09 Å². The van der Waals surface area contributed by atoms with Crippen LogP contribution in [-0.2, 0) is 10.3 Å². The first-order chi connectivity index (χ1) is 9.48. The molecule has 0 aliphatic carbocycles. The van der Waals surface area contributed by atoms with Gasteiger partial charge in [-0.1, -0.05) is 12.1 Å². The fraction of sp³-hybridized carbons (Fsp3) is 0.167. The molecule has 106 valence electrons. The second-order valence-electron chi connectivity index (χ2n) is 3.88. The third-order valence-corrected chi connectivity index (χ3v) is 3.26. The number of halogens is 3. The SMILES string of the molecule is NC(=O)OC1=N[C@](CF)(c2cccc(F)c2F)C=CS1. The van der Waals surface area contributed by atoms with Crippen LogP contribution >= 0.6 is 11.8 Å². The smallest absolute Gasteiger partial charge is 0.385 e. The van der Waals surface area contributed by atoms with E-state index in [1.54, 1.807) is 0 Å². The fourth-order valence-electron chi connectivity index (χ4n) is 1.70. The highest BCUT2D eigenvalue weighted by Gasteiger charge is 2.36. The van der Waals surface area contributed by atoms with Gasteiger partial charge in [0.05, 0.1) is 0 Å². The van der Waals surface area contributed by atoms with Crippen LogP contribution in [0.15, 0.2) is 34.7 Å². The maximum atomic E-state index is 13.8. The van der Waals surface area contributed by atoms with Crippen LogP contribution in [0.2, 0.25) is 0 Å². The number of benzene rings is 1. The van der Waals surface area contributed by atoms with Gasteiger partial charge in [-0.3, -0.25) is 0 Å². The monoisotopic (exact) mass is 302 g/mol. The summed E-state index contributed by atoms with van der Waals surface area (Å²) < 4.78 is 45.1. The van der Waals surface area contributed by atoms with E-state index >= 15 is 0 Å². The number of carbonyl (C=O) groups excluding carboxylic acids is 1. The zero-order chi connectivity index (χ0) is 14.8. The van der Waals surface area contributed by atoms with Crippen LogP contribution in [0.1, 0.15) is 5.56 Å². The number of primary amides is 1. The van der Waals surface area contributed by atoms with E-state index in [2.05, 4.69) is 9.73 Å². The molecule has 0 saturated heterocycles. The highest BCUT2D eigenvalue weighted by Crippen LogP contribution is 2.36. The third kappa shape index (κ3) is 2.64. The Morgan fingerprint density at radius 1 is 1.45 bits per heavy atom. The molecule has 1 amide bonds. The Bertz CT molecular complexity index is 606. The number of hydrogen-bond acceptors (Lipinski definition) is 4. The van der Waals surface area contributed by atoms with Gasteiger partial charge in [-0.25, -0.2) is 23.0 Å². The van der Waals surface area contributed by atoms with Crippen molar-refractivity contribution in [3.05, 3.63) is 46.9 Å². The number of hydrogen-bond donors (Lipinski definition) is 1. The summed E-state index contributed by atoms with van der Waals surface area (Å²) in [6, 6.07) is 3.37. The third-order valence-electron chi connectivity index (χ3n) is 2.61. The van der Waals surface area contributed by atoms with Gasteiger partial charge in [-0.2, -0.15) is 0 Å². The first kappa shape index (κ1) is 14.4. The average molecular weight is 302 g/mol. The molecular weight excluding hydrogens is 293 g/mol. The molecule has 0 fully saturated rings. The Kier molecular flexibility index (Phi) is 4.03. The summed E-state index contributed by atoms with van der Waals surface area (Å²) in [4.78, 5) is 14.5. The second kappa shape index (κ2) is 5.58. The van der Waals surface area contributed by atoms with E-state index in [0.29, 0.717) is 0 Å². The van der Waals surface area contributed by atoms with Gasteiger partial charge in [0.25, 0.3) is 5.23 Å². The van der Waals surface area contributed by atoms with Gasteiger partial charge in [0.1, 0.15) is 12.2 Å². The summed E-state index contributed by atoms with van der Waals surface area (Å²) in [6.07, 6.45) is 0.141. The number of aliphatic imine (C=N–C) groups is 1. The van der Waals surface area contributed by atoms with Crippen molar-refractivity contribution in [3.63, 3.8) is 0 Å². The summed E-state index contributed by atoms with van der Waals surface area (Å²) in [7, 11) is 0. The molecule has 1 atom stereocenters. The molecule has 1 aromatic carbocycles. The van der Waals surface area contributed by atoms with Crippen molar-refractivity contribution < 1.29 is 22.7 Å². The van der Waals surface area contributed by atoms with Crippen molar-refractivity contribution in [1.82, 2.24) is 0 Å². The molecule has 1 heterocycles. The van der Waals surface area contributed by atoms with Gasteiger partial charge in [0.2, 0.25) is 0 Å². The standard InChI is InChI=1S/C12H9F3N2O2S/c13-6-12(7-2-1-3-8(14)9(7)15)4-5-20-11(17-12)19-10(16)18/h1-5H,6H2,(H2,16,18)/t12-/m1/s1. The van der Waals surface area contributed by atoms with Gasteiger partial charge in [0.15, 0.2) is 11.6 Å². The van der Waals surface area contributed by atoms with E-state index < -0.39 is 29.9 Å². The summed E-state index contributed by atoms with van der Waals surface area (Å²) in [6.45, 7) is -1.13. The van der Waals surface area contributed by atoms with E-state index in [0.717, 1.165) is 17.8 Å². The Morgan fingerprint density at radius 2 is 2.20 bits per heavy atom. The minimum absolute atomic E-state index is 0.235. The van der Waals surface area contributed by atoms with Crippen molar-refractivity contribution >= 4 is 23.1 Å². The van der Waals surface area contributed by atoms with E-state index in [4.69, 9.17) is 5.73 Å². The quantitative estimate of drug-likeness (QED) is 0.913. The molecule has 0 spiro atoms. The summed E-state index contributed by atoms with van der Waals surface area (Å²) >= 11 is 0.877. The summed E-state index contributed by atoms with van der Waals surface area (Å²) in [5, 5.41) is 1.14. The molecule has 0 unspecified atom stereocenters.